The van der Waals surface area contributed by atoms with E-state index >= 15 is 0 Å². The Morgan fingerprint density at radius 3 is 1.92 bits per heavy atom. The molecule has 270 valence electrons. The molecule has 0 aliphatic carbocycles. The molecule has 51 heavy (non-hydrogen) atoms. The number of alkyl halides is 6. The van der Waals surface area contributed by atoms with Crippen molar-refractivity contribution in [2.75, 3.05) is 43.2 Å². The van der Waals surface area contributed by atoms with Crippen LogP contribution in [0.5, 0.6) is 0 Å². The molecule has 3 heterocycles. The molecule has 0 amide bonds. The van der Waals surface area contributed by atoms with Crippen LogP contribution in [-0.4, -0.2) is 66.4 Å². The monoisotopic (exact) mass is 721 g/mol. The summed E-state index contributed by atoms with van der Waals surface area (Å²) >= 11 is 0. The molecular weight excluding hydrogens is 690 g/mol. The minimum absolute atomic E-state index is 0.0465. The van der Waals surface area contributed by atoms with Gasteiger partial charge in [-0.1, -0.05) is 36.4 Å². The van der Waals surface area contributed by atoms with Gasteiger partial charge in [0, 0.05) is 43.0 Å². The summed E-state index contributed by atoms with van der Waals surface area (Å²) in [7, 11) is 1.36. The lowest BCUT2D eigenvalue weighted by atomic mass is 9.95. The standard InChI is InChI=1S/C34H31F8N7O2/c1-46-29(43)23-13-14-25(45-30(23)49(32(46)44)51-31(50)34(40,41)42)27-24(33(37,38)39)3-2-4-26(27)47-15-17-48(18-16-47)28(19-5-9-21(35)10-6-19)20-7-11-22(36)12-8-20/h2-14,28-29,32H,15-18,43-44H2,1H3. The molecule has 4 aromatic rings. The SMILES string of the molecule is CN1C(N)c2ccc(-c3c(N4CCN(C(c5ccc(F)cc5)c5ccc(F)cc5)CC4)cccc3C(F)(F)F)nc2N(OC(=O)C(F)(F)F)C1N. The van der Waals surface area contributed by atoms with E-state index in [0.29, 0.717) is 18.2 Å². The predicted octanol–water partition coefficient (Wildman–Crippen LogP) is 5.93. The Labute approximate surface area is 286 Å². The first-order valence-corrected chi connectivity index (χ1v) is 15.6. The second-order valence-electron chi connectivity index (χ2n) is 12.1. The number of nitrogens with zero attached hydrogens (tertiary/aromatic N) is 5. The number of pyridine rings is 1. The van der Waals surface area contributed by atoms with Crippen molar-refractivity contribution in [3.63, 3.8) is 0 Å². The van der Waals surface area contributed by atoms with Crippen molar-refractivity contribution < 1.29 is 44.8 Å². The van der Waals surface area contributed by atoms with Gasteiger partial charge in [-0.05, 0) is 60.6 Å². The molecule has 2 aliphatic heterocycles. The zero-order valence-corrected chi connectivity index (χ0v) is 26.8. The fourth-order valence-electron chi connectivity index (χ4n) is 6.35. The lowest BCUT2D eigenvalue weighted by Gasteiger charge is -2.43. The molecule has 2 aliphatic rings. The van der Waals surface area contributed by atoms with Crippen LogP contribution in [0.4, 0.5) is 46.6 Å². The third-order valence-electron chi connectivity index (χ3n) is 8.94. The first-order chi connectivity index (χ1) is 24.0. The van der Waals surface area contributed by atoms with Crippen molar-refractivity contribution in [2.24, 2.45) is 11.5 Å². The van der Waals surface area contributed by atoms with E-state index in [9.17, 15) is 39.9 Å². The number of hydrogen-bond donors (Lipinski definition) is 2. The molecule has 9 nitrogen and oxygen atoms in total. The van der Waals surface area contributed by atoms with Crippen LogP contribution in [-0.2, 0) is 15.8 Å². The van der Waals surface area contributed by atoms with Crippen LogP contribution in [0.2, 0.25) is 0 Å². The number of aromatic nitrogens is 1. The van der Waals surface area contributed by atoms with Gasteiger partial charge < -0.3 is 15.5 Å². The Morgan fingerprint density at radius 1 is 0.824 bits per heavy atom. The van der Waals surface area contributed by atoms with E-state index in [0.717, 1.165) is 17.2 Å². The fourth-order valence-corrected chi connectivity index (χ4v) is 6.35. The Balaban J connectivity index is 1.38. The van der Waals surface area contributed by atoms with Crippen LogP contribution in [0.1, 0.15) is 34.5 Å². The number of nitrogens with two attached hydrogens (primary N) is 2. The highest BCUT2D eigenvalue weighted by Crippen LogP contribution is 2.44. The van der Waals surface area contributed by atoms with Gasteiger partial charge in [-0.3, -0.25) is 15.5 Å². The van der Waals surface area contributed by atoms with Crippen LogP contribution in [0, 0.1) is 11.6 Å². The van der Waals surface area contributed by atoms with Crippen molar-refractivity contribution in [1.29, 1.82) is 0 Å². The highest BCUT2D eigenvalue weighted by atomic mass is 19.4. The lowest BCUT2D eigenvalue weighted by Crippen LogP contribution is -2.60. The van der Waals surface area contributed by atoms with E-state index in [4.69, 9.17) is 11.5 Å². The van der Waals surface area contributed by atoms with Crippen LogP contribution in [0.3, 0.4) is 0 Å². The summed E-state index contributed by atoms with van der Waals surface area (Å²) in [6.07, 6.45) is -12.9. The number of benzene rings is 3. The zero-order valence-electron chi connectivity index (χ0n) is 26.8. The molecule has 2 atom stereocenters. The number of hydroxylamine groups is 1. The molecule has 2 unspecified atom stereocenters. The molecule has 0 spiro atoms. The average Bonchev–Trinajstić information content (AvgIpc) is 3.09. The molecule has 1 saturated heterocycles. The third kappa shape index (κ3) is 7.19. The Kier molecular flexibility index (Phi) is 9.67. The zero-order chi connectivity index (χ0) is 36.8. The van der Waals surface area contributed by atoms with Gasteiger partial charge in [0.1, 0.15) is 11.6 Å². The fraction of sp³-hybridized carbons (Fsp3) is 0.294. The summed E-state index contributed by atoms with van der Waals surface area (Å²) in [5.74, 6) is -3.95. The summed E-state index contributed by atoms with van der Waals surface area (Å²) in [6.45, 7) is 1.08. The summed E-state index contributed by atoms with van der Waals surface area (Å²) < 4.78 is 111. The van der Waals surface area contributed by atoms with Crippen molar-refractivity contribution in [3.05, 3.63) is 113 Å². The normalized spacial score (nSPS) is 19.0. The van der Waals surface area contributed by atoms with Crippen molar-refractivity contribution in [1.82, 2.24) is 14.8 Å². The van der Waals surface area contributed by atoms with Gasteiger partial charge in [-0.15, -0.1) is 0 Å². The molecule has 0 bridgehead atoms. The number of halogens is 8. The molecule has 4 N–H and O–H groups in total. The van der Waals surface area contributed by atoms with Gasteiger partial charge in [0.2, 0.25) is 0 Å². The van der Waals surface area contributed by atoms with E-state index in [1.807, 2.05) is 4.90 Å². The van der Waals surface area contributed by atoms with Gasteiger partial charge in [0.15, 0.2) is 12.1 Å². The van der Waals surface area contributed by atoms with Crippen LogP contribution in [0.15, 0.2) is 78.9 Å². The van der Waals surface area contributed by atoms with E-state index < -0.39 is 59.8 Å². The van der Waals surface area contributed by atoms with E-state index in [1.54, 1.807) is 29.2 Å². The second kappa shape index (κ2) is 13.7. The topological polar surface area (TPSA) is 104 Å². The smallest absolute Gasteiger partial charge is 0.368 e. The Bertz CT molecular complexity index is 1840. The Morgan fingerprint density at radius 2 is 1.39 bits per heavy atom. The summed E-state index contributed by atoms with van der Waals surface area (Å²) in [6, 6.07) is 17.4. The van der Waals surface area contributed by atoms with Crippen LogP contribution < -0.4 is 21.4 Å². The van der Waals surface area contributed by atoms with E-state index in [2.05, 4.69) is 9.82 Å². The van der Waals surface area contributed by atoms with Gasteiger partial charge >= 0.3 is 18.3 Å². The number of anilines is 2. The van der Waals surface area contributed by atoms with Gasteiger partial charge in [0.25, 0.3) is 0 Å². The number of fused-ring (bicyclic) bond motifs is 1. The maximum absolute atomic E-state index is 14.6. The summed E-state index contributed by atoms with van der Waals surface area (Å²) in [5, 5.41) is 0.373. The third-order valence-corrected chi connectivity index (χ3v) is 8.94. The van der Waals surface area contributed by atoms with Crippen molar-refractivity contribution >= 4 is 17.5 Å². The van der Waals surface area contributed by atoms with E-state index in [1.165, 1.54) is 60.5 Å². The molecule has 1 fully saturated rings. The summed E-state index contributed by atoms with van der Waals surface area (Å²) in [5.41, 5.74) is 12.2. The Hall–Kier alpha value is -4.84. The molecule has 6 rings (SSSR count). The predicted molar refractivity (Wildman–Crippen MR) is 170 cm³/mol. The van der Waals surface area contributed by atoms with Gasteiger partial charge in [-0.25, -0.2) is 18.6 Å². The molecule has 3 aromatic carbocycles. The number of rotatable bonds is 6. The average molecular weight is 722 g/mol. The molecule has 0 saturated carbocycles. The highest BCUT2D eigenvalue weighted by Gasteiger charge is 2.46. The van der Waals surface area contributed by atoms with Crippen LogP contribution in [0.25, 0.3) is 11.3 Å². The first kappa shape index (κ1) is 36.0. The van der Waals surface area contributed by atoms with E-state index in [-0.39, 0.29) is 35.6 Å². The highest BCUT2D eigenvalue weighted by molar-refractivity contribution is 5.82. The van der Waals surface area contributed by atoms with Crippen molar-refractivity contribution in [3.8, 4) is 11.3 Å². The van der Waals surface area contributed by atoms with Crippen molar-refractivity contribution in [2.45, 2.75) is 30.8 Å². The molecule has 1 aromatic heterocycles. The number of carbonyl (C=O) groups excluding carboxylic acids is 1. The minimum atomic E-state index is -5.42. The lowest BCUT2D eigenvalue weighted by molar-refractivity contribution is -0.204. The maximum atomic E-state index is 14.6. The molecule has 0 radical (unpaired) electrons. The second-order valence-corrected chi connectivity index (χ2v) is 12.1. The van der Waals surface area contributed by atoms with Gasteiger partial charge in [-0.2, -0.15) is 31.4 Å². The molecular formula is C34H31F8N7O2. The number of carbonyl (C=O) groups is 1. The van der Waals surface area contributed by atoms with Crippen LogP contribution >= 0.6 is 0 Å². The van der Waals surface area contributed by atoms with Gasteiger partial charge in [0.05, 0.1) is 23.5 Å². The first-order valence-electron chi connectivity index (χ1n) is 15.6. The number of piperazine rings is 1. The maximum Gasteiger partial charge on any atom is 0.493 e. The summed E-state index contributed by atoms with van der Waals surface area (Å²) in [4.78, 5) is 25.7. The minimum Gasteiger partial charge on any atom is -0.368 e. The largest absolute Gasteiger partial charge is 0.493 e. The number of hydrogen-bond acceptors (Lipinski definition) is 9. The molecule has 17 heteroatoms. The quantitative estimate of drug-likeness (QED) is 0.235.